The van der Waals surface area contributed by atoms with Gasteiger partial charge in [-0.25, -0.2) is 0 Å². The first-order valence-electron chi connectivity index (χ1n) is 10.2. The average molecular weight is 329 g/mol. The average Bonchev–Trinajstić information content (AvgIpc) is 2.56. The molecular weight excluding hydrogens is 292 g/mol. The summed E-state index contributed by atoms with van der Waals surface area (Å²) in [6, 6.07) is 8.19. The number of aromatic hydroxyl groups is 1. The summed E-state index contributed by atoms with van der Waals surface area (Å²) in [6.45, 7) is 9.77. The fraction of sp³-hybridized carbons (Fsp3) is 0.739. The van der Waals surface area contributed by atoms with Gasteiger partial charge in [-0.05, 0) is 65.9 Å². The van der Waals surface area contributed by atoms with Crippen molar-refractivity contribution in [2.45, 2.75) is 72.1 Å². The van der Waals surface area contributed by atoms with Gasteiger partial charge in [0.1, 0.15) is 5.75 Å². The Bertz CT molecular complexity index is 511. The largest absolute Gasteiger partial charge is 0.508 e. The van der Waals surface area contributed by atoms with E-state index >= 15 is 0 Å². The van der Waals surface area contributed by atoms with Crippen molar-refractivity contribution in [2.75, 3.05) is 0 Å². The van der Waals surface area contributed by atoms with E-state index in [1.165, 1.54) is 44.1 Å². The van der Waals surface area contributed by atoms with Crippen LogP contribution >= 0.6 is 0 Å². The molecule has 2 aliphatic rings. The van der Waals surface area contributed by atoms with Gasteiger partial charge in [-0.15, -0.1) is 0 Å². The summed E-state index contributed by atoms with van der Waals surface area (Å²) in [5.41, 5.74) is 1.23. The van der Waals surface area contributed by atoms with Gasteiger partial charge in [-0.1, -0.05) is 71.6 Å². The zero-order valence-electron chi connectivity index (χ0n) is 16.0. The third kappa shape index (κ3) is 3.65. The number of benzene rings is 1. The van der Waals surface area contributed by atoms with Gasteiger partial charge in [0.15, 0.2) is 0 Å². The number of phenols is 1. The molecular formula is C23H36O. The zero-order chi connectivity index (χ0) is 17.3. The Labute approximate surface area is 148 Å². The number of phenolic OH excluding ortho intramolecular Hbond substituents is 1. The van der Waals surface area contributed by atoms with E-state index in [1.54, 1.807) is 0 Å². The molecule has 2 aliphatic carbocycles. The summed E-state index contributed by atoms with van der Waals surface area (Å²) in [6.07, 6.45) is 8.12. The van der Waals surface area contributed by atoms with Crippen LogP contribution in [0.15, 0.2) is 24.3 Å². The van der Waals surface area contributed by atoms with E-state index in [-0.39, 0.29) is 0 Å². The second kappa shape index (κ2) is 7.50. The maximum absolute atomic E-state index is 10.6. The number of rotatable bonds is 3. The maximum atomic E-state index is 10.6. The molecule has 6 unspecified atom stereocenters. The molecule has 1 nitrogen and oxygen atoms in total. The number of para-hydroxylation sites is 1. The Morgan fingerprint density at radius 1 is 0.792 bits per heavy atom. The monoisotopic (exact) mass is 328 g/mol. The van der Waals surface area contributed by atoms with Gasteiger partial charge in [0.05, 0.1) is 0 Å². The second-order valence-corrected chi connectivity index (χ2v) is 9.20. The van der Waals surface area contributed by atoms with Gasteiger partial charge in [0, 0.05) is 0 Å². The lowest BCUT2D eigenvalue weighted by atomic mass is 9.59. The Balaban J connectivity index is 1.98. The Hall–Kier alpha value is -0.980. The quantitative estimate of drug-likeness (QED) is 0.661. The lowest BCUT2D eigenvalue weighted by molar-refractivity contribution is 0.0851. The molecule has 2 fully saturated rings. The molecule has 6 atom stereocenters. The van der Waals surface area contributed by atoms with E-state index in [2.05, 4.69) is 39.8 Å². The molecule has 0 saturated heterocycles. The first-order chi connectivity index (χ1) is 11.5. The van der Waals surface area contributed by atoms with Crippen LogP contribution in [0.25, 0.3) is 0 Å². The maximum Gasteiger partial charge on any atom is 0.119 e. The fourth-order valence-corrected chi connectivity index (χ4v) is 5.70. The van der Waals surface area contributed by atoms with Crippen LogP contribution in [0.3, 0.4) is 0 Å². The highest BCUT2D eigenvalue weighted by molar-refractivity contribution is 5.36. The molecule has 1 heteroatoms. The van der Waals surface area contributed by atoms with E-state index in [9.17, 15) is 5.11 Å². The van der Waals surface area contributed by atoms with E-state index in [0.717, 1.165) is 35.5 Å². The van der Waals surface area contributed by atoms with E-state index < -0.39 is 0 Å². The van der Waals surface area contributed by atoms with Gasteiger partial charge in [-0.3, -0.25) is 0 Å². The van der Waals surface area contributed by atoms with Crippen LogP contribution in [0, 0.1) is 35.5 Å². The van der Waals surface area contributed by atoms with Crippen LogP contribution in [-0.2, 0) is 0 Å². The topological polar surface area (TPSA) is 20.2 Å². The van der Waals surface area contributed by atoms with Crippen molar-refractivity contribution in [3.63, 3.8) is 0 Å². The van der Waals surface area contributed by atoms with Gasteiger partial charge in [0.25, 0.3) is 0 Å². The Morgan fingerprint density at radius 3 is 1.79 bits per heavy atom. The third-order valence-electron chi connectivity index (χ3n) is 7.26. The minimum absolute atomic E-state index is 0.526. The van der Waals surface area contributed by atoms with E-state index in [1.807, 2.05) is 12.1 Å². The van der Waals surface area contributed by atoms with Crippen LogP contribution in [0.4, 0.5) is 0 Å². The third-order valence-corrected chi connectivity index (χ3v) is 7.26. The van der Waals surface area contributed by atoms with Crippen molar-refractivity contribution >= 4 is 0 Å². The molecule has 0 bridgehead atoms. The zero-order valence-corrected chi connectivity index (χ0v) is 16.0. The van der Waals surface area contributed by atoms with Crippen LogP contribution in [-0.4, -0.2) is 5.11 Å². The summed E-state index contributed by atoms with van der Waals surface area (Å²) in [5.74, 6) is 5.71. The van der Waals surface area contributed by atoms with E-state index in [0.29, 0.717) is 11.7 Å². The molecule has 2 saturated carbocycles. The van der Waals surface area contributed by atoms with Crippen LogP contribution < -0.4 is 0 Å². The van der Waals surface area contributed by atoms with E-state index in [4.69, 9.17) is 0 Å². The van der Waals surface area contributed by atoms with Gasteiger partial charge in [-0.2, -0.15) is 0 Å². The second-order valence-electron chi connectivity index (χ2n) is 9.20. The summed E-state index contributed by atoms with van der Waals surface area (Å²) < 4.78 is 0. The molecule has 24 heavy (non-hydrogen) atoms. The van der Waals surface area contributed by atoms with Crippen molar-refractivity contribution in [3.05, 3.63) is 29.8 Å². The summed E-state index contributed by atoms with van der Waals surface area (Å²) in [7, 11) is 0. The van der Waals surface area contributed by atoms with Gasteiger partial charge < -0.3 is 5.11 Å². The van der Waals surface area contributed by atoms with Crippen LogP contribution in [0.2, 0.25) is 0 Å². The predicted octanol–water partition coefficient (Wildman–Crippen LogP) is 6.62. The molecule has 1 aromatic rings. The number of hydrogen-bond acceptors (Lipinski definition) is 1. The molecule has 0 radical (unpaired) electrons. The SMILES string of the molecule is CC1CCC(C)C(C(c2ccccc2O)C2CC(C)CCC2C)C1. The minimum Gasteiger partial charge on any atom is -0.508 e. The molecule has 0 aliphatic heterocycles. The van der Waals surface area contributed by atoms with Crippen molar-refractivity contribution in [2.24, 2.45) is 35.5 Å². The van der Waals surface area contributed by atoms with Crippen molar-refractivity contribution < 1.29 is 5.11 Å². The molecule has 1 aromatic carbocycles. The fourth-order valence-electron chi connectivity index (χ4n) is 5.70. The van der Waals surface area contributed by atoms with Crippen LogP contribution in [0.1, 0.15) is 77.7 Å². The number of hydrogen-bond donors (Lipinski definition) is 1. The molecule has 0 aromatic heterocycles. The molecule has 3 rings (SSSR count). The Morgan fingerprint density at radius 2 is 1.29 bits per heavy atom. The smallest absolute Gasteiger partial charge is 0.119 e. The lowest BCUT2D eigenvalue weighted by Gasteiger charge is -2.46. The summed E-state index contributed by atoms with van der Waals surface area (Å²) >= 11 is 0. The first-order valence-corrected chi connectivity index (χ1v) is 10.2. The van der Waals surface area contributed by atoms with Gasteiger partial charge in [0.2, 0.25) is 0 Å². The van der Waals surface area contributed by atoms with Crippen molar-refractivity contribution in [1.29, 1.82) is 0 Å². The summed E-state index contributed by atoms with van der Waals surface area (Å²) in [5, 5.41) is 10.6. The normalized spacial score (nSPS) is 38.7. The molecule has 134 valence electrons. The molecule has 0 heterocycles. The highest BCUT2D eigenvalue weighted by atomic mass is 16.3. The standard InChI is InChI=1S/C23H36O/c1-15-9-11-17(3)20(13-15)23(19-7-5-6-8-22(19)24)21-14-16(2)10-12-18(21)4/h5-8,15-18,20-21,23-24H,9-14H2,1-4H3. The Kier molecular flexibility index (Phi) is 5.57. The highest BCUT2D eigenvalue weighted by Crippen LogP contribution is 2.52. The van der Waals surface area contributed by atoms with Crippen LogP contribution in [0.5, 0.6) is 5.75 Å². The molecule has 0 spiro atoms. The van der Waals surface area contributed by atoms with Crippen molar-refractivity contribution in [3.8, 4) is 5.75 Å². The lowest BCUT2D eigenvalue weighted by Crippen LogP contribution is -2.36. The molecule has 1 N–H and O–H groups in total. The van der Waals surface area contributed by atoms with Crippen molar-refractivity contribution in [1.82, 2.24) is 0 Å². The predicted molar refractivity (Wildman–Crippen MR) is 102 cm³/mol. The first kappa shape index (κ1) is 17.8. The highest BCUT2D eigenvalue weighted by Gasteiger charge is 2.41. The molecule has 0 amide bonds. The summed E-state index contributed by atoms with van der Waals surface area (Å²) in [4.78, 5) is 0. The minimum atomic E-state index is 0.526. The van der Waals surface area contributed by atoms with Gasteiger partial charge >= 0.3 is 0 Å².